The first-order valence-corrected chi connectivity index (χ1v) is 13.4. The number of piperazine rings is 1. The Bertz CT molecular complexity index is 1360. The minimum Gasteiger partial charge on any atom is -0.358 e. The van der Waals surface area contributed by atoms with E-state index in [-0.39, 0.29) is 6.04 Å². The van der Waals surface area contributed by atoms with Gasteiger partial charge in [0, 0.05) is 68.9 Å². The fourth-order valence-corrected chi connectivity index (χ4v) is 5.24. The van der Waals surface area contributed by atoms with E-state index in [1.807, 2.05) is 43.3 Å². The molecule has 4 aromatic heterocycles. The molecule has 2 saturated heterocycles. The molecule has 11 heteroatoms. The third-order valence-electron chi connectivity index (χ3n) is 7.33. The molecule has 0 aliphatic carbocycles. The summed E-state index contributed by atoms with van der Waals surface area (Å²) in [5, 5.41) is 15.0. The van der Waals surface area contributed by atoms with Crippen molar-refractivity contribution in [3.05, 3.63) is 54.0 Å². The van der Waals surface area contributed by atoms with Gasteiger partial charge in [-0.3, -0.25) is 15.0 Å². The van der Waals surface area contributed by atoms with Crippen molar-refractivity contribution in [3.63, 3.8) is 0 Å². The van der Waals surface area contributed by atoms with E-state index >= 15 is 0 Å². The standard InChI is InChI=1S/C27H34N10O/c1-18(2)35-11-13-36(14-12-35)26-17-24(29-25-15-19(3)32-33-25)30-27(31-26)37-10-6-8-22(37)23-16-21(34-38-23)20-7-4-5-9-28-20/h4-5,7,9,15-18,22H,6,8,10-14H2,1-3H3,(H2,29,30,31,32,33). The van der Waals surface area contributed by atoms with Crippen molar-refractivity contribution in [2.24, 2.45) is 0 Å². The molecule has 0 radical (unpaired) electrons. The molecule has 1 atom stereocenters. The number of nitrogens with zero attached hydrogens (tertiary/aromatic N) is 8. The van der Waals surface area contributed by atoms with E-state index in [0.29, 0.717) is 12.0 Å². The van der Waals surface area contributed by atoms with Gasteiger partial charge in [-0.15, -0.1) is 0 Å². The molecule has 2 N–H and O–H groups in total. The van der Waals surface area contributed by atoms with Crippen LogP contribution in [0.4, 0.5) is 23.4 Å². The summed E-state index contributed by atoms with van der Waals surface area (Å²) in [7, 11) is 0. The fourth-order valence-electron chi connectivity index (χ4n) is 5.24. The number of H-pyrrole nitrogens is 1. The molecule has 0 spiro atoms. The Morgan fingerprint density at radius 2 is 1.87 bits per heavy atom. The predicted octanol–water partition coefficient (Wildman–Crippen LogP) is 4.17. The average molecular weight is 515 g/mol. The Hall–Kier alpha value is -3.99. The van der Waals surface area contributed by atoms with Crippen molar-refractivity contribution in [3.8, 4) is 11.4 Å². The second-order valence-electron chi connectivity index (χ2n) is 10.3. The molecular weight excluding hydrogens is 480 g/mol. The summed E-state index contributed by atoms with van der Waals surface area (Å²) in [4.78, 5) is 21.5. The number of aromatic nitrogens is 6. The Morgan fingerprint density at radius 3 is 2.61 bits per heavy atom. The van der Waals surface area contributed by atoms with Gasteiger partial charge in [0.15, 0.2) is 11.6 Å². The van der Waals surface area contributed by atoms with Gasteiger partial charge in [-0.1, -0.05) is 11.2 Å². The lowest BCUT2D eigenvalue weighted by Gasteiger charge is -2.37. The maximum atomic E-state index is 5.83. The maximum absolute atomic E-state index is 5.83. The normalized spacial score (nSPS) is 18.5. The van der Waals surface area contributed by atoms with E-state index < -0.39 is 0 Å². The third kappa shape index (κ3) is 5.06. The van der Waals surface area contributed by atoms with E-state index in [0.717, 1.165) is 85.9 Å². The van der Waals surface area contributed by atoms with E-state index in [9.17, 15) is 0 Å². The molecule has 0 amide bonds. The zero-order valence-corrected chi connectivity index (χ0v) is 22.1. The molecule has 198 valence electrons. The van der Waals surface area contributed by atoms with Crippen LogP contribution in [0.25, 0.3) is 11.4 Å². The zero-order valence-electron chi connectivity index (χ0n) is 22.1. The molecule has 0 saturated carbocycles. The quantitative estimate of drug-likeness (QED) is 0.372. The Kier molecular flexibility index (Phi) is 6.67. The maximum Gasteiger partial charge on any atom is 0.229 e. The van der Waals surface area contributed by atoms with Crippen molar-refractivity contribution in [2.75, 3.05) is 47.8 Å². The van der Waals surface area contributed by atoms with Crippen molar-refractivity contribution in [1.29, 1.82) is 0 Å². The number of pyridine rings is 1. The number of nitrogens with one attached hydrogen (secondary N) is 2. The first-order valence-electron chi connectivity index (χ1n) is 13.4. The molecule has 1 unspecified atom stereocenters. The minimum atomic E-state index is 0.00785. The highest BCUT2D eigenvalue weighted by Crippen LogP contribution is 2.37. The summed E-state index contributed by atoms with van der Waals surface area (Å²) in [5.74, 6) is 3.86. The lowest BCUT2D eigenvalue weighted by atomic mass is 10.1. The number of aromatic amines is 1. The molecule has 0 aromatic carbocycles. The van der Waals surface area contributed by atoms with Gasteiger partial charge in [-0.25, -0.2) is 0 Å². The molecule has 38 heavy (non-hydrogen) atoms. The summed E-state index contributed by atoms with van der Waals surface area (Å²) in [6, 6.07) is 12.3. The molecule has 6 rings (SSSR count). The van der Waals surface area contributed by atoms with E-state index in [1.54, 1.807) is 6.20 Å². The first kappa shape index (κ1) is 24.4. The predicted molar refractivity (Wildman–Crippen MR) is 147 cm³/mol. The summed E-state index contributed by atoms with van der Waals surface area (Å²) >= 11 is 0. The summed E-state index contributed by atoms with van der Waals surface area (Å²) in [6.45, 7) is 11.2. The molecule has 4 aromatic rings. The molecule has 11 nitrogen and oxygen atoms in total. The molecule has 2 fully saturated rings. The van der Waals surface area contributed by atoms with Crippen LogP contribution in [0.1, 0.15) is 44.2 Å². The largest absolute Gasteiger partial charge is 0.358 e. The van der Waals surface area contributed by atoms with Crippen molar-refractivity contribution in [1.82, 2.24) is 35.2 Å². The van der Waals surface area contributed by atoms with E-state index in [4.69, 9.17) is 14.5 Å². The molecule has 0 bridgehead atoms. The number of aryl methyl sites for hydroxylation is 1. The van der Waals surface area contributed by atoms with Crippen LogP contribution in [-0.4, -0.2) is 74.0 Å². The highest BCUT2D eigenvalue weighted by atomic mass is 16.5. The molecule has 2 aliphatic rings. The number of anilines is 4. The zero-order chi connectivity index (χ0) is 26.1. The lowest BCUT2D eigenvalue weighted by Crippen LogP contribution is -2.49. The lowest BCUT2D eigenvalue weighted by molar-refractivity contribution is 0.209. The minimum absolute atomic E-state index is 0.00785. The number of rotatable bonds is 7. The Labute approximate surface area is 222 Å². The second-order valence-corrected chi connectivity index (χ2v) is 10.3. The molecule has 2 aliphatic heterocycles. The highest BCUT2D eigenvalue weighted by Gasteiger charge is 2.33. The van der Waals surface area contributed by atoms with Crippen LogP contribution >= 0.6 is 0 Å². The third-order valence-corrected chi connectivity index (χ3v) is 7.33. The summed E-state index contributed by atoms with van der Waals surface area (Å²) in [6.07, 6.45) is 3.73. The fraction of sp³-hybridized carbons (Fsp3) is 0.444. The number of hydrogen-bond donors (Lipinski definition) is 2. The van der Waals surface area contributed by atoms with Crippen LogP contribution in [-0.2, 0) is 0 Å². The van der Waals surface area contributed by atoms with Gasteiger partial charge in [0.2, 0.25) is 5.95 Å². The van der Waals surface area contributed by atoms with Crippen LogP contribution in [0.2, 0.25) is 0 Å². The van der Waals surface area contributed by atoms with Crippen LogP contribution in [0, 0.1) is 6.92 Å². The summed E-state index contributed by atoms with van der Waals surface area (Å²) in [5.41, 5.74) is 2.52. The smallest absolute Gasteiger partial charge is 0.229 e. The van der Waals surface area contributed by atoms with Gasteiger partial charge >= 0.3 is 0 Å². The Balaban J connectivity index is 1.30. The molecule has 6 heterocycles. The van der Waals surface area contributed by atoms with Crippen molar-refractivity contribution < 1.29 is 4.52 Å². The topological polar surface area (TPSA) is 115 Å². The van der Waals surface area contributed by atoms with Crippen molar-refractivity contribution in [2.45, 2.75) is 45.7 Å². The second kappa shape index (κ2) is 10.4. The highest BCUT2D eigenvalue weighted by molar-refractivity contribution is 5.61. The van der Waals surface area contributed by atoms with Gasteiger partial charge in [0.1, 0.15) is 17.3 Å². The van der Waals surface area contributed by atoms with Crippen LogP contribution < -0.4 is 15.1 Å². The van der Waals surface area contributed by atoms with Gasteiger partial charge < -0.3 is 19.6 Å². The van der Waals surface area contributed by atoms with Gasteiger partial charge in [0.25, 0.3) is 0 Å². The van der Waals surface area contributed by atoms with Crippen LogP contribution in [0.3, 0.4) is 0 Å². The van der Waals surface area contributed by atoms with E-state index in [1.165, 1.54) is 0 Å². The Morgan fingerprint density at radius 1 is 1.00 bits per heavy atom. The van der Waals surface area contributed by atoms with Gasteiger partial charge in [0.05, 0.1) is 11.7 Å². The molecular formula is C27H34N10O. The SMILES string of the molecule is Cc1cc(Nc2cc(N3CCN(C(C)C)CC3)nc(N3CCCC3c3cc(-c4ccccn4)no3)n2)n[nH]1. The van der Waals surface area contributed by atoms with E-state index in [2.05, 4.69) is 54.2 Å². The first-order chi connectivity index (χ1) is 18.5. The number of hydrogen-bond acceptors (Lipinski definition) is 10. The monoisotopic (exact) mass is 514 g/mol. The summed E-state index contributed by atoms with van der Waals surface area (Å²) < 4.78 is 5.83. The van der Waals surface area contributed by atoms with Crippen molar-refractivity contribution >= 4 is 23.4 Å². The van der Waals surface area contributed by atoms with Gasteiger partial charge in [-0.05, 0) is 45.7 Å². The van der Waals surface area contributed by atoms with Crippen LogP contribution in [0.5, 0.6) is 0 Å². The average Bonchev–Trinajstić information content (AvgIpc) is 3.70. The van der Waals surface area contributed by atoms with Crippen LogP contribution in [0.15, 0.2) is 47.1 Å². The van der Waals surface area contributed by atoms with Gasteiger partial charge in [-0.2, -0.15) is 15.1 Å².